The molecule has 0 fully saturated rings. The molecule has 0 radical (unpaired) electrons. The zero-order valence-corrected chi connectivity index (χ0v) is 12.1. The topological polar surface area (TPSA) is 43.1 Å². The van der Waals surface area contributed by atoms with Crippen molar-refractivity contribution in [2.75, 3.05) is 0 Å². The van der Waals surface area contributed by atoms with Crippen LogP contribution in [0, 0.1) is 6.92 Å². The van der Waals surface area contributed by atoms with Crippen LogP contribution < -0.4 is 5.73 Å². The van der Waals surface area contributed by atoms with E-state index in [9.17, 15) is 4.79 Å². The highest BCUT2D eigenvalue weighted by atomic mass is 79.9. The second-order valence-electron chi connectivity index (χ2n) is 4.29. The summed E-state index contributed by atoms with van der Waals surface area (Å²) >= 11 is 3.46. The van der Waals surface area contributed by atoms with E-state index in [1.165, 1.54) is 6.08 Å². The molecule has 0 aliphatic carbocycles. The van der Waals surface area contributed by atoms with Crippen LogP contribution in [-0.2, 0) is 0 Å². The number of nitrogens with two attached hydrogens (primary N) is 1. The number of benzene rings is 2. The van der Waals surface area contributed by atoms with Gasteiger partial charge in [0.05, 0.1) is 0 Å². The van der Waals surface area contributed by atoms with Gasteiger partial charge in [-0.25, -0.2) is 0 Å². The lowest BCUT2D eigenvalue weighted by molar-refractivity contribution is 0.104. The van der Waals surface area contributed by atoms with Crippen LogP contribution in [-0.4, -0.2) is 5.78 Å². The fourth-order valence-electron chi connectivity index (χ4n) is 1.68. The minimum atomic E-state index is -0.0882. The van der Waals surface area contributed by atoms with Gasteiger partial charge in [-0.05, 0) is 24.1 Å². The van der Waals surface area contributed by atoms with Crippen molar-refractivity contribution in [2.45, 2.75) is 6.92 Å². The molecule has 2 aromatic rings. The molecule has 2 aromatic carbocycles. The van der Waals surface area contributed by atoms with Crippen molar-refractivity contribution in [1.82, 2.24) is 0 Å². The van der Waals surface area contributed by atoms with Crippen LogP contribution in [0.3, 0.4) is 0 Å². The Morgan fingerprint density at radius 3 is 2.42 bits per heavy atom. The van der Waals surface area contributed by atoms with E-state index in [0.717, 1.165) is 15.6 Å². The Morgan fingerprint density at radius 1 is 1.11 bits per heavy atom. The van der Waals surface area contributed by atoms with E-state index in [1.807, 2.05) is 43.3 Å². The third-order valence-electron chi connectivity index (χ3n) is 2.85. The summed E-state index contributed by atoms with van der Waals surface area (Å²) in [6, 6.07) is 14.9. The molecule has 0 saturated heterocycles. The van der Waals surface area contributed by atoms with Crippen molar-refractivity contribution in [3.63, 3.8) is 0 Å². The van der Waals surface area contributed by atoms with E-state index in [2.05, 4.69) is 15.9 Å². The summed E-state index contributed by atoms with van der Waals surface area (Å²) in [5.41, 5.74) is 9.04. The lowest BCUT2D eigenvalue weighted by Gasteiger charge is -2.04. The molecule has 0 aliphatic rings. The molecular formula is C16H14BrNO. The maximum Gasteiger partial charge on any atom is 0.187 e. The minimum Gasteiger partial charge on any atom is -0.398 e. The molecule has 19 heavy (non-hydrogen) atoms. The molecule has 0 atom stereocenters. The first kappa shape index (κ1) is 13.6. The van der Waals surface area contributed by atoms with Gasteiger partial charge in [-0.2, -0.15) is 0 Å². The van der Waals surface area contributed by atoms with Gasteiger partial charge < -0.3 is 5.73 Å². The first-order chi connectivity index (χ1) is 9.08. The average molecular weight is 316 g/mol. The zero-order chi connectivity index (χ0) is 13.8. The monoisotopic (exact) mass is 315 g/mol. The van der Waals surface area contributed by atoms with Crippen molar-refractivity contribution in [1.29, 1.82) is 0 Å². The molecule has 0 saturated carbocycles. The largest absolute Gasteiger partial charge is 0.398 e. The number of ketones is 1. The van der Waals surface area contributed by atoms with Crippen LogP contribution in [0.4, 0.5) is 0 Å². The van der Waals surface area contributed by atoms with Crippen molar-refractivity contribution >= 4 is 27.4 Å². The Kier molecular flexibility index (Phi) is 4.17. The number of carbonyl (C=O) groups excluding carboxylic acids is 1. The van der Waals surface area contributed by atoms with E-state index < -0.39 is 0 Å². The fourth-order valence-corrected chi connectivity index (χ4v) is 2.06. The number of allylic oxidation sites excluding steroid dienone is 1. The second kappa shape index (κ2) is 5.85. The maximum absolute atomic E-state index is 12.0. The smallest absolute Gasteiger partial charge is 0.187 e. The number of carbonyl (C=O) groups is 1. The normalized spacial score (nSPS) is 11.4. The number of hydrogen-bond donors (Lipinski definition) is 1. The van der Waals surface area contributed by atoms with Crippen LogP contribution in [0.1, 0.15) is 21.5 Å². The predicted octanol–water partition coefficient (Wildman–Crippen LogP) is 3.94. The average Bonchev–Trinajstić information content (AvgIpc) is 2.42. The molecule has 0 aromatic heterocycles. The van der Waals surface area contributed by atoms with Gasteiger partial charge in [0, 0.05) is 21.8 Å². The maximum atomic E-state index is 12.0. The number of rotatable bonds is 3. The van der Waals surface area contributed by atoms with Crippen molar-refractivity contribution < 1.29 is 4.79 Å². The highest BCUT2D eigenvalue weighted by molar-refractivity contribution is 9.10. The van der Waals surface area contributed by atoms with Crippen LogP contribution in [0.5, 0.6) is 0 Å². The van der Waals surface area contributed by atoms with Gasteiger partial charge in [0.1, 0.15) is 0 Å². The van der Waals surface area contributed by atoms with E-state index in [0.29, 0.717) is 11.3 Å². The number of aryl methyl sites for hydroxylation is 1. The Morgan fingerprint density at radius 2 is 1.79 bits per heavy atom. The van der Waals surface area contributed by atoms with Crippen LogP contribution in [0.15, 0.2) is 59.1 Å². The van der Waals surface area contributed by atoms with Gasteiger partial charge in [0.25, 0.3) is 0 Å². The highest BCUT2D eigenvalue weighted by Gasteiger charge is 2.05. The summed E-state index contributed by atoms with van der Waals surface area (Å²) in [5.74, 6) is -0.0882. The third kappa shape index (κ3) is 3.32. The SMILES string of the molecule is Cc1ccc(/C(N)=C/C(=O)c2ccccc2)cc1Br. The standard InChI is InChI=1S/C16H14BrNO/c1-11-7-8-13(9-14(11)17)15(18)10-16(19)12-5-3-2-4-6-12/h2-10H,18H2,1H3/b15-10-. The lowest BCUT2D eigenvalue weighted by Crippen LogP contribution is -2.02. The zero-order valence-electron chi connectivity index (χ0n) is 10.6. The summed E-state index contributed by atoms with van der Waals surface area (Å²) in [4.78, 5) is 12.0. The Hall–Kier alpha value is -1.87. The summed E-state index contributed by atoms with van der Waals surface area (Å²) in [6.45, 7) is 2.00. The van der Waals surface area contributed by atoms with Crippen molar-refractivity contribution in [3.05, 3.63) is 75.8 Å². The quantitative estimate of drug-likeness (QED) is 0.688. The molecule has 96 valence electrons. The van der Waals surface area contributed by atoms with Gasteiger partial charge in [-0.3, -0.25) is 4.79 Å². The summed E-state index contributed by atoms with van der Waals surface area (Å²) in [7, 11) is 0. The summed E-state index contributed by atoms with van der Waals surface area (Å²) in [5, 5.41) is 0. The molecule has 0 bridgehead atoms. The molecule has 0 heterocycles. The molecule has 0 aliphatic heterocycles. The second-order valence-corrected chi connectivity index (χ2v) is 5.15. The predicted molar refractivity (Wildman–Crippen MR) is 81.8 cm³/mol. The minimum absolute atomic E-state index is 0.0882. The summed E-state index contributed by atoms with van der Waals surface area (Å²) in [6.07, 6.45) is 1.46. The molecule has 0 unspecified atom stereocenters. The highest BCUT2D eigenvalue weighted by Crippen LogP contribution is 2.20. The summed E-state index contributed by atoms with van der Waals surface area (Å²) < 4.78 is 0.980. The van der Waals surface area contributed by atoms with Gasteiger partial charge in [-0.1, -0.05) is 58.4 Å². The van der Waals surface area contributed by atoms with Gasteiger partial charge in [0.2, 0.25) is 0 Å². The van der Waals surface area contributed by atoms with E-state index >= 15 is 0 Å². The first-order valence-corrected chi connectivity index (χ1v) is 6.70. The molecule has 2 N–H and O–H groups in total. The Balaban J connectivity index is 2.28. The van der Waals surface area contributed by atoms with Crippen LogP contribution in [0.25, 0.3) is 5.70 Å². The number of hydrogen-bond acceptors (Lipinski definition) is 2. The number of halogens is 1. The molecule has 0 spiro atoms. The Labute approximate surface area is 121 Å². The Bertz CT molecular complexity index is 632. The van der Waals surface area contributed by atoms with E-state index in [4.69, 9.17) is 5.73 Å². The lowest BCUT2D eigenvalue weighted by atomic mass is 10.1. The molecule has 2 nitrogen and oxygen atoms in total. The third-order valence-corrected chi connectivity index (χ3v) is 3.70. The van der Waals surface area contributed by atoms with Gasteiger partial charge >= 0.3 is 0 Å². The first-order valence-electron chi connectivity index (χ1n) is 5.91. The molecule has 3 heteroatoms. The van der Waals surface area contributed by atoms with E-state index in [1.54, 1.807) is 12.1 Å². The van der Waals surface area contributed by atoms with Gasteiger partial charge in [0.15, 0.2) is 5.78 Å². The molecule has 2 rings (SSSR count). The molecular weight excluding hydrogens is 302 g/mol. The van der Waals surface area contributed by atoms with Gasteiger partial charge in [-0.15, -0.1) is 0 Å². The van der Waals surface area contributed by atoms with Crippen molar-refractivity contribution in [3.8, 4) is 0 Å². The fraction of sp³-hybridized carbons (Fsp3) is 0.0625. The van der Waals surface area contributed by atoms with Crippen LogP contribution in [0.2, 0.25) is 0 Å². The molecule has 0 amide bonds. The van der Waals surface area contributed by atoms with E-state index in [-0.39, 0.29) is 5.78 Å². The van der Waals surface area contributed by atoms with Crippen molar-refractivity contribution in [2.24, 2.45) is 5.73 Å². The van der Waals surface area contributed by atoms with Crippen LogP contribution >= 0.6 is 15.9 Å².